The van der Waals surface area contributed by atoms with Crippen molar-refractivity contribution < 1.29 is 9.15 Å². The Kier molecular flexibility index (Phi) is 2.33. The molecule has 1 aromatic heterocycles. The van der Waals surface area contributed by atoms with Gasteiger partial charge >= 0.3 is 0 Å². The molecule has 9 heavy (non-hydrogen) atoms. The van der Waals surface area contributed by atoms with Crippen LogP contribution < -0.4 is 0 Å². The zero-order chi connectivity index (χ0) is 6.53. The largest absolute Gasteiger partial charge is 0.472 e. The first-order chi connectivity index (χ1) is 4.43. The third-order valence-corrected chi connectivity index (χ3v) is 1.12. The Hall–Kier alpha value is -0.760. The van der Waals surface area contributed by atoms with Crippen molar-refractivity contribution >= 4 is 0 Å². The summed E-state index contributed by atoms with van der Waals surface area (Å²) in [5, 5.41) is 0. The molecule has 1 heterocycles. The summed E-state index contributed by atoms with van der Waals surface area (Å²) in [6.07, 6.45) is 4.23. The average Bonchev–Trinajstić information content (AvgIpc) is 2.34. The molecular weight excluding hydrogens is 116 g/mol. The molecule has 2 nitrogen and oxygen atoms in total. The number of furan rings is 1. The highest BCUT2D eigenvalue weighted by molar-refractivity contribution is 5.04. The number of hydrogen-bond acceptors (Lipinski definition) is 2. The Morgan fingerprint density at radius 3 is 3.11 bits per heavy atom. The van der Waals surface area contributed by atoms with Gasteiger partial charge in [0.15, 0.2) is 0 Å². The van der Waals surface area contributed by atoms with Crippen LogP contribution in [0.25, 0.3) is 0 Å². The molecule has 49 valence electrons. The first-order valence-electron chi connectivity index (χ1n) is 2.81. The van der Waals surface area contributed by atoms with Crippen LogP contribution in [0.3, 0.4) is 0 Å². The van der Waals surface area contributed by atoms with E-state index in [0.29, 0.717) is 6.61 Å². The van der Waals surface area contributed by atoms with E-state index in [1.807, 2.05) is 6.07 Å². The van der Waals surface area contributed by atoms with Crippen LogP contribution in [0.4, 0.5) is 0 Å². The highest BCUT2D eigenvalue weighted by atomic mass is 16.5. The van der Waals surface area contributed by atoms with E-state index in [1.54, 1.807) is 12.5 Å². The van der Waals surface area contributed by atoms with Crippen molar-refractivity contribution in [3.05, 3.63) is 31.3 Å². The predicted octanol–water partition coefficient (Wildman–Crippen LogP) is 1.63. The van der Waals surface area contributed by atoms with Gasteiger partial charge in [-0.05, 0) is 18.1 Å². The zero-order valence-corrected chi connectivity index (χ0v) is 5.17. The summed E-state index contributed by atoms with van der Waals surface area (Å²) < 4.78 is 9.46. The van der Waals surface area contributed by atoms with E-state index in [2.05, 4.69) is 11.8 Å². The second-order valence-corrected chi connectivity index (χ2v) is 1.79. The number of hydrogen-bond donors (Lipinski definition) is 0. The topological polar surface area (TPSA) is 22.4 Å². The molecule has 0 bridgehead atoms. The fourth-order valence-corrected chi connectivity index (χ4v) is 0.625. The van der Waals surface area contributed by atoms with Crippen LogP contribution in [0.2, 0.25) is 0 Å². The summed E-state index contributed by atoms with van der Waals surface area (Å²) in [6.45, 7) is 0.652. The van der Waals surface area contributed by atoms with Gasteiger partial charge in [-0.25, -0.2) is 0 Å². The lowest BCUT2D eigenvalue weighted by atomic mass is 10.3. The minimum atomic E-state index is 0.652. The van der Waals surface area contributed by atoms with Crippen LogP contribution in [-0.2, 0) is 11.2 Å². The predicted molar refractivity (Wildman–Crippen MR) is 33.7 cm³/mol. The summed E-state index contributed by atoms with van der Waals surface area (Å²) in [5.41, 5.74) is 1.15. The Morgan fingerprint density at radius 1 is 1.67 bits per heavy atom. The summed E-state index contributed by atoms with van der Waals surface area (Å²) in [6, 6.07) is 1.92. The normalized spacial score (nSPS) is 9.89. The monoisotopic (exact) mass is 125 g/mol. The van der Waals surface area contributed by atoms with Crippen molar-refractivity contribution in [3.63, 3.8) is 0 Å². The molecule has 1 rings (SSSR count). The van der Waals surface area contributed by atoms with Crippen molar-refractivity contribution in [1.82, 2.24) is 0 Å². The Morgan fingerprint density at radius 2 is 2.56 bits per heavy atom. The second-order valence-electron chi connectivity index (χ2n) is 1.79. The number of ether oxygens (including phenoxy) is 1. The molecule has 0 N–H and O–H groups in total. The van der Waals surface area contributed by atoms with Gasteiger partial charge in [0, 0.05) is 0 Å². The van der Waals surface area contributed by atoms with E-state index < -0.39 is 0 Å². The summed E-state index contributed by atoms with van der Waals surface area (Å²) >= 11 is 0. The maximum Gasteiger partial charge on any atom is 0.0935 e. The molecule has 0 atom stereocenters. The van der Waals surface area contributed by atoms with Crippen molar-refractivity contribution in [2.75, 3.05) is 6.61 Å². The quantitative estimate of drug-likeness (QED) is 0.612. The smallest absolute Gasteiger partial charge is 0.0935 e. The molecule has 0 saturated heterocycles. The molecule has 2 heteroatoms. The molecule has 0 aliphatic rings. The summed E-state index contributed by atoms with van der Waals surface area (Å²) in [5.74, 6) is 0. The molecule has 0 amide bonds. The van der Waals surface area contributed by atoms with Crippen molar-refractivity contribution in [2.24, 2.45) is 0 Å². The first kappa shape index (κ1) is 6.36. The van der Waals surface area contributed by atoms with E-state index in [9.17, 15) is 0 Å². The van der Waals surface area contributed by atoms with Crippen molar-refractivity contribution in [3.8, 4) is 0 Å². The van der Waals surface area contributed by atoms with Gasteiger partial charge in [0.25, 0.3) is 0 Å². The van der Waals surface area contributed by atoms with Crippen molar-refractivity contribution in [2.45, 2.75) is 6.42 Å². The van der Waals surface area contributed by atoms with E-state index >= 15 is 0 Å². The highest BCUT2D eigenvalue weighted by Gasteiger charge is 1.90. The lowest BCUT2D eigenvalue weighted by Gasteiger charge is -1.91. The van der Waals surface area contributed by atoms with E-state index in [-0.39, 0.29) is 0 Å². The second kappa shape index (κ2) is 3.30. The molecule has 0 aromatic carbocycles. The maximum absolute atomic E-state index is 4.84. The maximum atomic E-state index is 4.84. The molecule has 0 fully saturated rings. The van der Waals surface area contributed by atoms with Gasteiger partial charge in [0.05, 0.1) is 26.2 Å². The summed E-state index contributed by atoms with van der Waals surface area (Å²) in [7, 11) is 3.25. The first-order valence-corrected chi connectivity index (χ1v) is 2.81. The van der Waals surface area contributed by atoms with E-state index in [1.165, 1.54) is 0 Å². The molecular formula is C7H9O2. The third-order valence-electron chi connectivity index (χ3n) is 1.12. The van der Waals surface area contributed by atoms with Gasteiger partial charge in [-0.2, -0.15) is 0 Å². The third kappa shape index (κ3) is 1.90. The molecule has 1 aromatic rings. The fraction of sp³-hybridized carbons (Fsp3) is 0.286. The molecule has 0 unspecified atom stereocenters. The summed E-state index contributed by atoms with van der Waals surface area (Å²) in [4.78, 5) is 0. The van der Waals surface area contributed by atoms with Crippen LogP contribution in [0, 0.1) is 7.11 Å². The van der Waals surface area contributed by atoms with Crippen LogP contribution in [0.1, 0.15) is 5.56 Å². The fourth-order valence-electron chi connectivity index (χ4n) is 0.625. The van der Waals surface area contributed by atoms with Crippen LogP contribution in [-0.4, -0.2) is 6.61 Å². The van der Waals surface area contributed by atoms with E-state index in [4.69, 9.17) is 4.42 Å². The van der Waals surface area contributed by atoms with Gasteiger partial charge in [0.1, 0.15) is 0 Å². The minimum Gasteiger partial charge on any atom is -0.472 e. The Labute approximate surface area is 54.4 Å². The highest BCUT2D eigenvalue weighted by Crippen LogP contribution is 1.99. The van der Waals surface area contributed by atoms with Crippen molar-refractivity contribution in [1.29, 1.82) is 0 Å². The SMILES string of the molecule is [CH2]OCCc1ccoc1. The Bertz CT molecular complexity index is 144. The van der Waals surface area contributed by atoms with Crippen LogP contribution >= 0.6 is 0 Å². The minimum absolute atomic E-state index is 0.652. The molecule has 1 radical (unpaired) electrons. The van der Waals surface area contributed by atoms with Gasteiger partial charge in [-0.15, -0.1) is 0 Å². The lowest BCUT2D eigenvalue weighted by Crippen LogP contribution is -1.89. The molecule has 0 aliphatic heterocycles. The van der Waals surface area contributed by atoms with E-state index in [0.717, 1.165) is 12.0 Å². The van der Waals surface area contributed by atoms with Gasteiger partial charge in [-0.1, -0.05) is 0 Å². The Balaban J connectivity index is 2.30. The zero-order valence-electron chi connectivity index (χ0n) is 5.17. The molecule has 0 spiro atoms. The number of rotatable bonds is 3. The molecule has 0 saturated carbocycles. The average molecular weight is 125 g/mol. The van der Waals surface area contributed by atoms with Gasteiger partial charge in [0.2, 0.25) is 0 Å². The van der Waals surface area contributed by atoms with Gasteiger partial charge < -0.3 is 9.15 Å². The standard InChI is InChI=1S/C7H9O2/c1-8-4-2-7-3-5-9-6-7/h3,5-6H,1-2,4H2. The lowest BCUT2D eigenvalue weighted by molar-refractivity contribution is 0.246. The van der Waals surface area contributed by atoms with Crippen LogP contribution in [0.15, 0.2) is 23.0 Å². The van der Waals surface area contributed by atoms with Crippen LogP contribution in [0.5, 0.6) is 0 Å². The molecule has 0 aliphatic carbocycles. The van der Waals surface area contributed by atoms with Gasteiger partial charge in [-0.3, -0.25) is 0 Å².